The minimum absolute atomic E-state index is 0.0781. The summed E-state index contributed by atoms with van der Waals surface area (Å²) in [5.41, 5.74) is 6.36. The zero-order chi connectivity index (χ0) is 11.6. The maximum absolute atomic E-state index is 12.0. The molecule has 0 bridgehead atoms. The third kappa shape index (κ3) is 1.95. The third-order valence-electron chi connectivity index (χ3n) is 3.36. The van der Waals surface area contributed by atoms with Crippen LogP contribution < -0.4 is 11.1 Å². The number of nitrogens with zero attached hydrogens (tertiary/aromatic N) is 1. The second-order valence-electron chi connectivity index (χ2n) is 4.79. The van der Waals surface area contributed by atoms with Crippen molar-refractivity contribution >= 4 is 5.91 Å². The van der Waals surface area contributed by atoms with Gasteiger partial charge in [0, 0.05) is 24.8 Å². The van der Waals surface area contributed by atoms with E-state index in [0.717, 1.165) is 18.4 Å². The Balaban J connectivity index is 1.88. The first kappa shape index (κ1) is 11.1. The van der Waals surface area contributed by atoms with Crippen LogP contribution in [0.1, 0.15) is 25.3 Å². The van der Waals surface area contributed by atoms with Crippen LogP contribution in [0.5, 0.6) is 0 Å². The smallest absolute Gasteiger partial charge is 0.227 e. The molecule has 0 aromatic carbocycles. The number of H-pyrrole nitrogens is 1. The van der Waals surface area contributed by atoms with Gasteiger partial charge < -0.3 is 11.1 Å². The average Bonchev–Trinajstić information content (AvgIpc) is 2.73. The van der Waals surface area contributed by atoms with Gasteiger partial charge in [-0.05, 0) is 18.8 Å². The van der Waals surface area contributed by atoms with Crippen LogP contribution in [0.2, 0.25) is 0 Å². The summed E-state index contributed by atoms with van der Waals surface area (Å²) in [6, 6.07) is 0. The number of carbonyl (C=O) groups excluding carboxylic acids is 1. The Hall–Kier alpha value is -1.36. The zero-order valence-corrected chi connectivity index (χ0v) is 9.49. The minimum Gasteiger partial charge on any atom is -0.351 e. The SMILES string of the molecule is CC1CC(CN)(C(=O)NCc2cn[nH]c2)C1. The zero-order valence-electron chi connectivity index (χ0n) is 9.49. The van der Waals surface area contributed by atoms with Crippen molar-refractivity contribution in [3.63, 3.8) is 0 Å². The van der Waals surface area contributed by atoms with Crippen LogP contribution in [0.3, 0.4) is 0 Å². The standard InChI is InChI=1S/C11H18N4O/c1-8-2-11(3-8,7-12)10(16)13-4-9-5-14-15-6-9/h5-6,8H,2-4,7,12H2,1H3,(H,13,16)(H,14,15). The lowest BCUT2D eigenvalue weighted by Crippen LogP contribution is -2.53. The lowest BCUT2D eigenvalue weighted by molar-refractivity contribution is -0.138. The number of hydrogen-bond donors (Lipinski definition) is 3. The summed E-state index contributed by atoms with van der Waals surface area (Å²) in [4.78, 5) is 12.0. The molecule has 0 saturated heterocycles. The summed E-state index contributed by atoms with van der Waals surface area (Å²) in [6.07, 6.45) is 5.29. The second-order valence-corrected chi connectivity index (χ2v) is 4.79. The predicted octanol–water partition coefficient (Wildman–Crippen LogP) is 0.401. The van der Waals surface area contributed by atoms with E-state index in [-0.39, 0.29) is 11.3 Å². The Morgan fingerprint density at radius 2 is 2.50 bits per heavy atom. The molecule has 2 rings (SSSR count). The Labute approximate surface area is 94.8 Å². The second kappa shape index (κ2) is 4.25. The fourth-order valence-electron chi connectivity index (χ4n) is 2.46. The number of aromatic nitrogens is 2. The van der Waals surface area contributed by atoms with Crippen molar-refractivity contribution in [2.75, 3.05) is 6.54 Å². The molecule has 0 unspecified atom stereocenters. The number of amides is 1. The van der Waals surface area contributed by atoms with Gasteiger partial charge in [0.05, 0.1) is 11.6 Å². The van der Waals surface area contributed by atoms with Crippen molar-refractivity contribution < 1.29 is 4.79 Å². The lowest BCUT2D eigenvalue weighted by atomic mass is 9.62. The van der Waals surface area contributed by atoms with Gasteiger partial charge in [-0.1, -0.05) is 6.92 Å². The molecule has 1 heterocycles. The lowest BCUT2D eigenvalue weighted by Gasteiger charge is -2.44. The molecule has 1 aliphatic rings. The molecular weight excluding hydrogens is 204 g/mol. The molecule has 1 saturated carbocycles. The van der Waals surface area contributed by atoms with Gasteiger partial charge in [0.1, 0.15) is 0 Å². The first-order valence-electron chi connectivity index (χ1n) is 5.62. The van der Waals surface area contributed by atoms with Gasteiger partial charge in [-0.15, -0.1) is 0 Å². The van der Waals surface area contributed by atoms with E-state index in [1.165, 1.54) is 0 Å². The average molecular weight is 222 g/mol. The van der Waals surface area contributed by atoms with Gasteiger partial charge in [-0.3, -0.25) is 9.89 Å². The Bertz CT molecular complexity index is 354. The molecule has 1 fully saturated rings. The molecule has 0 radical (unpaired) electrons. The number of hydrogen-bond acceptors (Lipinski definition) is 3. The minimum atomic E-state index is -0.316. The van der Waals surface area contributed by atoms with Crippen molar-refractivity contribution in [1.82, 2.24) is 15.5 Å². The van der Waals surface area contributed by atoms with Gasteiger partial charge in [-0.25, -0.2) is 0 Å². The van der Waals surface area contributed by atoms with Gasteiger partial charge in [0.15, 0.2) is 0 Å². The van der Waals surface area contributed by atoms with E-state index in [2.05, 4.69) is 22.4 Å². The molecular formula is C11H18N4O. The molecule has 1 aliphatic carbocycles. The van der Waals surface area contributed by atoms with Crippen molar-refractivity contribution in [1.29, 1.82) is 0 Å². The Morgan fingerprint density at radius 1 is 1.75 bits per heavy atom. The van der Waals surface area contributed by atoms with Crippen molar-refractivity contribution in [3.05, 3.63) is 18.0 Å². The van der Waals surface area contributed by atoms with Crippen molar-refractivity contribution in [2.24, 2.45) is 17.1 Å². The summed E-state index contributed by atoms with van der Waals surface area (Å²) >= 11 is 0. The summed E-state index contributed by atoms with van der Waals surface area (Å²) in [5, 5.41) is 9.46. The van der Waals surface area contributed by atoms with Crippen LogP contribution in [0.15, 0.2) is 12.4 Å². The number of carbonyl (C=O) groups is 1. The number of rotatable bonds is 4. The quantitative estimate of drug-likeness (QED) is 0.689. The highest BCUT2D eigenvalue weighted by molar-refractivity contribution is 5.83. The molecule has 1 aromatic rings. The van der Waals surface area contributed by atoms with Crippen LogP contribution in [0.25, 0.3) is 0 Å². The van der Waals surface area contributed by atoms with E-state index in [1.54, 1.807) is 12.4 Å². The van der Waals surface area contributed by atoms with Gasteiger partial charge in [0.25, 0.3) is 0 Å². The molecule has 5 heteroatoms. The van der Waals surface area contributed by atoms with Crippen LogP contribution in [0, 0.1) is 11.3 Å². The van der Waals surface area contributed by atoms with E-state index in [0.29, 0.717) is 19.0 Å². The maximum Gasteiger partial charge on any atom is 0.227 e. The first-order valence-corrected chi connectivity index (χ1v) is 5.62. The van der Waals surface area contributed by atoms with Crippen molar-refractivity contribution in [3.8, 4) is 0 Å². The first-order chi connectivity index (χ1) is 7.66. The number of aromatic amines is 1. The highest BCUT2D eigenvalue weighted by atomic mass is 16.2. The fraction of sp³-hybridized carbons (Fsp3) is 0.636. The van der Waals surface area contributed by atoms with E-state index >= 15 is 0 Å². The number of nitrogens with two attached hydrogens (primary N) is 1. The van der Waals surface area contributed by atoms with E-state index < -0.39 is 0 Å². The third-order valence-corrected chi connectivity index (χ3v) is 3.36. The van der Waals surface area contributed by atoms with Gasteiger partial charge in [-0.2, -0.15) is 5.10 Å². The maximum atomic E-state index is 12.0. The summed E-state index contributed by atoms with van der Waals surface area (Å²) < 4.78 is 0. The van der Waals surface area contributed by atoms with Gasteiger partial charge >= 0.3 is 0 Å². The van der Waals surface area contributed by atoms with Gasteiger partial charge in [0.2, 0.25) is 5.91 Å². The van der Waals surface area contributed by atoms with Crippen LogP contribution in [-0.4, -0.2) is 22.6 Å². The molecule has 1 aromatic heterocycles. The van der Waals surface area contributed by atoms with E-state index in [1.807, 2.05) is 0 Å². The normalized spacial score (nSPS) is 28.5. The molecule has 16 heavy (non-hydrogen) atoms. The highest BCUT2D eigenvalue weighted by Gasteiger charge is 2.46. The molecule has 1 amide bonds. The van der Waals surface area contributed by atoms with Crippen LogP contribution in [0.4, 0.5) is 0 Å². The predicted molar refractivity (Wildman–Crippen MR) is 60.3 cm³/mol. The molecule has 0 spiro atoms. The fourth-order valence-corrected chi connectivity index (χ4v) is 2.46. The number of nitrogens with one attached hydrogen (secondary N) is 2. The van der Waals surface area contributed by atoms with Crippen LogP contribution >= 0.6 is 0 Å². The highest BCUT2D eigenvalue weighted by Crippen LogP contribution is 2.44. The molecule has 4 N–H and O–H groups in total. The monoisotopic (exact) mass is 222 g/mol. The molecule has 5 nitrogen and oxygen atoms in total. The summed E-state index contributed by atoms with van der Waals surface area (Å²) in [6.45, 7) is 3.11. The summed E-state index contributed by atoms with van der Waals surface area (Å²) in [5.74, 6) is 0.692. The molecule has 0 aliphatic heterocycles. The Kier molecular flexibility index (Phi) is 2.96. The van der Waals surface area contributed by atoms with E-state index in [4.69, 9.17) is 5.73 Å². The van der Waals surface area contributed by atoms with E-state index in [9.17, 15) is 4.79 Å². The summed E-state index contributed by atoms with van der Waals surface area (Å²) in [7, 11) is 0. The molecule has 88 valence electrons. The molecule has 0 atom stereocenters. The van der Waals surface area contributed by atoms with Crippen LogP contribution in [-0.2, 0) is 11.3 Å². The largest absolute Gasteiger partial charge is 0.351 e. The van der Waals surface area contributed by atoms with Crippen molar-refractivity contribution in [2.45, 2.75) is 26.3 Å². The topological polar surface area (TPSA) is 83.8 Å². The Morgan fingerprint density at radius 3 is 3.00 bits per heavy atom.